The minimum atomic E-state index is -0.771. The Morgan fingerprint density at radius 2 is 2.08 bits per heavy atom. The first kappa shape index (κ1) is 11.1. The molecule has 0 aromatic rings. The monoisotopic (exact) mass is 171 g/mol. The van der Waals surface area contributed by atoms with Gasteiger partial charge in [-0.1, -0.05) is 13.8 Å². The number of carboxylic acids is 1. The van der Waals surface area contributed by atoms with Crippen molar-refractivity contribution in [2.45, 2.75) is 39.5 Å². The Bertz CT molecular complexity index is 166. The van der Waals surface area contributed by atoms with Crippen molar-refractivity contribution < 1.29 is 9.90 Å². The van der Waals surface area contributed by atoms with Gasteiger partial charge >= 0.3 is 5.97 Å². The van der Waals surface area contributed by atoms with Gasteiger partial charge < -0.3 is 10.5 Å². The van der Waals surface area contributed by atoms with Crippen LogP contribution in [0.3, 0.4) is 0 Å². The van der Waals surface area contributed by atoms with Crippen LogP contribution >= 0.6 is 0 Å². The van der Waals surface area contributed by atoms with Gasteiger partial charge in [0.15, 0.2) is 0 Å². The molecule has 70 valence electrons. The third-order valence-corrected chi connectivity index (χ3v) is 2.04. The van der Waals surface area contributed by atoms with Crippen LogP contribution in [0.2, 0.25) is 0 Å². The molecule has 0 saturated heterocycles. The first-order chi connectivity index (χ1) is 5.57. The van der Waals surface area contributed by atoms with Crippen LogP contribution in [0, 0.1) is 11.3 Å². The van der Waals surface area contributed by atoms with E-state index in [4.69, 9.17) is 10.5 Å². The number of hydrogen-bond donors (Lipinski definition) is 2. The van der Waals surface area contributed by atoms with E-state index in [0.29, 0.717) is 24.5 Å². The molecule has 0 aliphatic heterocycles. The zero-order valence-corrected chi connectivity index (χ0v) is 7.76. The minimum absolute atomic E-state index is 0.179. The van der Waals surface area contributed by atoms with Crippen molar-refractivity contribution in [3.63, 3.8) is 0 Å². The van der Waals surface area contributed by atoms with Gasteiger partial charge in [0.25, 0.3) is 0 Å². The first-order valence-electron chi connectivity index (χ1n) is 4.37. The standard InChI is InChI=1S/C9H17NO2/c1-3-7(2)8(10)5-4-6-9(11)12/h7,10H,3-6H2,1-2H3,(H,11,12)/t7-/m1/s1. The first-order valence-corrected chi connectivity index (χ1v) is 4.37. The maximum absolute atomic E-state index is 10.1. The molecule has 0 amide bonds. The molecule has 0 aromatic carbocycles. The summed E-state index contributed by atoms with van der Waals surface area (Å²) in [6.45, 7) is 4.04. The summed E-state index contributed by atoms with van der Waals surface area (Å²) >= 11 is 0. The largest absolute Gasteiger partial charge is 0.481 e. The van der Waals surface area contributed by atoms with Crippen LogP contribution in [0.25, 0.3) is 0 Å². The molecule has 3 nitrogen and oxygen atoms in total. The lowest BCUT2D eigenvalue weighted by molar-refractivity contribution is -0.137. The molecule has 0 aliphatic rings. The van der Waals surface area contributed by atoms with E-state index >= 15 is 0 Å². The summed E-state index contributed by atoms with van der Waals surface area (Å²) in [6, 6.07) is 0. The third-order valence-electron chi connectivity index (χ3n) is 2.04. The van der Waals surface area contributed by atoms with E-state index in [-0.39, 0.29) is 6.42 Å². The van der Waals surface area contributed by atoms with Crippen LogP contribution in [-0.2, 0) is 4.79 Å². The summed E-state index contributed by atoms with van der Waals surface area (Å²) in [4.78, 5) is 10.1. The van der Waals surface area contributed by atoms with Crippen LogP contribution in [0.5, 0.6) is 0 Å². The number of hydrogen-bond acceptors (Lipinski definition) is 2. The molecule has 0 heterocycles. The number of nitrogens with one attached hydrogen (secondary N) is 1. The molecule has 0 saturated carbocycles. The molecule has 0 aliphatic carbocycles. The molecule has 0 aromatic heterocycles. The van der Waals surface area contributed by atoms with E-state index in [1.165, 1.54) is 0 Å². The van der Waals surface area contributed by atoms with E-state index in [1.54, 1.807) is 0 Å². The molecule has 1 atom stereocenters. The summed E-state index contributed by atoms with van der Waals surface area (Å²) in [5, 5.41) is 15.9. The lowest BCUT2D eigenvalue weighted by atomic mass is 9.98. The number of rotatable bonds is 6. The maximum Gasteiger partial charge on any atom is 0.303 e. The lowest BCUT2D eigenvalue weighted by Crippen LogP contribution is -2.09. The molecule has 12 heavy (non-hydrogen) atoms. The molecule has 0 rings (SSSR count). The summed E-state index contributed by atoms with van der Waals surface area (Å²) in [5.74, 6) is -0.467. The van der Waals surface area contributed by atoms with Crippen molar-refractivity contribution >= 4 is 11.7 Å². The molecule has 3 heteroatoms. The van der Waals surface area contributed by atoms with Gasteiger partial charge in [0, 0.05) is 12.1 Å². The Labute approximate surface area is 73.3 Å². The molecule has 2 N–H and O–H groups in total. The van der Waals surface area contributed by atoms with Crippen molar-refractivity contribution in [2.24, 2.45) is 5.92 Å². The summed E-state index contributed by atoms with van der Waals surface area (Å²) in [7, 11) is 0. The molecule has 0 fully saturated rings. The fourth-order valence-corrected chi connectivity index (χ4v) is 0.923. The van der Waals surface area contributed by atoms with Gasteiger partial charge in [-0.2, -0.15) is 0 Å². The van der Waals surface area contributed by atoms with E-state index in [9.17, 15) is 4.79 Å². The van der Waals surface area contributed by atoms with Gasteiger partial charge in [0.05, 0.1) is 0 Å². The average molecular weight is 171 g/mol. The third kappa shape index (κ3) is 4.88. The Kier molecular flexibility index (Phi) is 5.34. The second-order valence-corrected chi connectivity index (χ2v) is 3.08. The van der Waals surface area contributed by atoms with Crippen LogP contribution in [0.15, 0.2) is 0 Å². The number of aliphatic carboxylic acids is 1. The highest BCUT2D eigenvalue weighted by Gasteiger charge is 2.06. The highest BCUT2D eigenvalue weighted by atomic mass is 16.4. The fourth-order valence-electron chi connectivity index (χ4n) is 0.923. The summed E-state index contributed by atoms with van der Waals surface area (Å²) < 4.78 is 0. The van der Waals surface area contributed by atoms with E-state index < -0.39 is 5.97 Å². The molecule has 0 unspecified atom stereocenters. The number of carbonyl (C=O) groups is 1. The van der Waals surface area contributed by atoms with Gasteiger partial charge in [-0.05, 0) is 25.2 Å². The molecule has 0 spiro atoms. The highest BCUT2D eigenvalue weighted by molar-refractivity contribution is 5.83. The van der Waals surface area contributed by atoms with Crippen molar-refractivity contribution in [3.05, 3.63) is 0 Å². The van der Waals surface area contributed by atoms with Crippen LogP contribution in [0.1, 0.15) is 39.5 Å². The van der Waals surface area contributed by atoms with Gasteiger partial charge in [-0.25, -0.2) is 0 Å². The zero-order chi connectivity index (χ0) is 9.56. The van der Waals surface area contributed by atoms with Gasteiger partial charge in [-0.15, -0.1) is 0 Å². The quantitative estimate of drug-likeness (QED) is 0.602. The molecule has 0 bridgehead atoms. The topological polar surface area (TPSA) is 61.2 Å². The lowest BCUT2D eigenvalue weighted by Gasteiger charge is -2.08. The second kappa shape index (κ2) is 5.75. The SMILES string of the molecule is CC[C@@H](C)C(=N)CCCC(=O)O. The number of carboxylic acid groups (broad SMARTS) is 1. The molecular formula is C9H17NO2. The van der Waals surface area contributed by atoms with Crippen LogP contribution < -0.4 is 0 Å². The normalized spacial score (nSPS) is 12.5. The zero-order valence-electron chi connectivity index (χ0n) is 7.76. The Hall–Kier alpha value is -0.860. The van der Waals surface area contributed by atoms with Crippen molar-refractivity contribution in [2.75, 3.05) is 0 Å². The van der Waals surface area contributed by atoms with E-state index in [1.807, 2.05) is 13.8 Å². The van der Waals surface area contributed by atoms with Crippen molar-refractivity contribution in [3.8, 4) is 0 Å². The van der Waals surface area contributed by atoms with E-state index in [2.05, 4.69) is 0 Å². The van der Waals surface area contributed by atoms with Crippen LogP contribution in [-0.4, -0.2) is 16.8 Å². The second-order valence-electron chi connectivity index (χ2n) is 3.08. The van der Waals surface area contributed by atoms with Gasteiger partial charge in [-0.3, -0.25) is 4.79 Å². The van der Waals surface area contributed by atoms with Crippen molar-refractivity contribution in [1.82, 2.24) is 0 Å². The van der Waals surface area contributed by atoms with Crippen LogP contribution in [0.4, 0.5) is 0 Å². The van der Waals surface area contributed by atoms with Crippen molar-refractivity contribution in [1.29, 1.82) is 5.41 Å². The molecule has 0 radical (unpaired) electrons. The maximum atomic E-state index is 10.1. The minimum Gasteiger partial charge on any atom is -0.481 e. The Morgan fingerprint density at radius 3 is 2.50 bits per heavy atom. The predicted molar refractivity (Wildman–Crippen MR) is 48.7 cm³/mol. The Balaban J connectivity index is 3.50. The van der Waals surface area contributed by atoms with Gasteiger partial charge in [0.2, 0.25) is 0 Å². The summed E-state index contributed by atoms with van der Waals surface area (Å²) in [5.41, 5.74) is 0.679. The van der Waals surface area contributed by atoms with Gasteiger partial charge in [0.1, 0.15) is 0 Å². The Morgan fingerprint density at radius 1 is 1.50 bits per heavy atom. The fraction of sp³-hybridized carbons (Fsp3) is 0.778. The average Bonchev–Trinajstić information content (AvgIpc) is 2.02. The summed E-state index contributed by atoms with van der Waals surface area (Å²) in [6.07, 6.45) is 2.37. The van der Waals surface area contributed by atoms with E-state index in [0.717, 1.165) is 6.42 Å². The highest BCUT2D eigenvalue weighted by Crippen LogP contribution is 2.08. The predicted octanol–water partition coefficient (Wildman–Crippen LogP) is 2.31. The smallest absolute Gasteiger partial charge is 0.303 e. The molecular weight excluding hydrogens is 154 g/mol.